The van der Waals surface area contributed by atoms with E-state index in [0.717, 1.165) is 26.3 Å². The average molecular weight is 157 g/mol. The molecular weight excluding hydrogens is 140 g/mol. The van der Waals surface area contributed by atoms with E-state index < -0.39 is 0 Å². The van der Waals surface area contributed by atoms with Crippen LogP contribution in [0.25, 0.3) is 0 Å². The summed E-state index contributed by atoms with van der Waals surface area (Å²) >= 11 is 0. The summed E-state index contributed by atoms with van der Waals surface area (Å²) < 4.78 is 5.24. The molecule has 0 bridgehead atoms. The first-order valence-corrected chi connectivity index (χ1v) is 4.14. The number of nitrogens with one attached hydrogen (secondary N) is 1. The van der Waals surface area contributed by atoms with Crippen molar-refractivity contribution in [2.45, 2.75) is 19.4 Å². The van der Waals surface area contributed by atoms with Crippen LogP contribution in [0.5, 0.6) is 0 Å². The molecule has 65 valence electrons. The fourth-order valence-corrected chi connectivity index (χ4v) is 1.28. The van der Waals surface area contributed by atoms with Crippen molar-refractivity contribution in [3.05, 3.63) is 0 Å². The van der Waals surface area contributed by atoms with E-state index in [1.54, 1.807) is 0 Å². The van der Waals surface area contributed by atoms with Crippen molar-refractivity contribution in [3.63, 3.8) is 0 Å². The van der Waals surface area contributed by atoms with Gasteiger partial charge < -0.3 is 4.74 Å². The molecule has 1 heterocycles. The highest BCUT2D eigenvalue weighted by Gasteiger charge is 2.26. The van der Waals surface area contributed by atoms with E-state index in [0.29, 0.717) is 6.54 Å². The van der Waals surface area contributed by atoms with Crippen LogP contribution in [0, 0.1) is 0 Å². The number of ether oxygens (including phenoxy) is 1. The van der Waals surface area contributed by atoms with Crippen LogP contribution in [-0.4, -0.2) is 43.3 Å². The average Bonchev–Trinajstić information content (AvgIpc) is 2.06. The molecule has 0 aromatic rings. The maximum absolute atomic E-state index is 7.36. The summed E-state index contributed by atoms with van der Waals surface area (Å²) in [7, 11) is 0. The first kappa shape index (κ1) is 8.97. The fourth-order valence-electron chi connectivity index (χ4n) is 1.28. The van der Waals surface area contributed by atoms with Gasteiger partial charge in [0.15, 0.2) is 0 Å². The molecule has 0 atom stereocenters. The highest BCUT2D eigenvalue weighted by molar-refractivity contribution is 4.83. The van der Waals surface area contributed by atoms with Crippen LogP contribution >= 0.6 is 0 Å². The molecular formula is C8H17N2O. The lowest BCUT2D eigenvalue weighted by Gasteiger charge is -2.39. The minimum Gasteiger partial charge on any atom is -0.379 e. The van der Waals surface area contributed by atoms with Crippen LogP contribution in [0.4, 0.5) is 0 Å². The van der Waals surface area contributed by atoms with Gasteiger partial charge in [-0.05, 0) is 13.8 Å². The van der Waals surface area contributed by atoms with E-state index in [9.17, 15) is 0 Å². The van der Waals surface area contributed by atoms with Gasteiger partial charge in [-0.1, -0.05) is 0 Å². The Morgan fingerprint density at radius 2 is 1.91 bits per heavy atom. The van der Waals surface area contributed by atoms with E-state index in [4.69, 9.17) is 10.5 Å². The number of morpholine rings is 1. The molecule has 0 aromatic heterocycles. The molecule has 11 heavy (non-hydrogen) atoms. The van der Waals surface area contributed by atoms with Crippen molar-refractivity contribution in [3.8, 4) is 0 Å². The second-order valence-corrected chi connectivity index (χ2v) is 3.59. The van der Waals surface area contributed by atoms with Gasteiger partial charge in [-0.3, -0.25) is 10.6 Å². The Hall–Kier alpha value is -0.120. The monoisotopic (exact) mass is 157 g/mol. The molecule has 1 radical (unpaired) electrons. The number of rotatable bonds is 2. The van der Waals surface area contributed by atoms with Crippen LogP contribution in [-0.2, 0) is 4.74 Å². The van der Waals surface area contributed by atoms with Crippen molar-refractivity contribution in [1.82, 2.24) is 10.6 Å². The van der Waals surface area contributed by atoms with Crippen molar-refractivity contribution in [1.29, 1.82) is 0 Å². The third-order valence-electron chi connectivity index (χ3n) is 2.30. The van der Waals surface area contributed by atoms with Crippen molar-refractivity contribution in [2.24, 2.45) is 0 Å². The molecule has 0 spiro atoms. The predicted molar refractivity (Wildman–Crippen MR) is 44.4 cm³/mol. The maximum Gasteiger partial charge on any atom is 0.0594 e. The Bertz CT molecular complexity index is 119. The Morgan fingerprint density at radius 3 is 2.36 bits per heavy atom. The fraction of sp³-hybridized carbons (Fsp3) is 1.00. The first-order valence-electron chi connectivity index (χ1n) is 4.14. The van der Waals surface area contributed by atoms with Crippen molar-refractivity contribution < 1.29 is 4.74 Å². The maximum atomic E-state index is 7.36. The van der Waals surface area contributed by atoms with E-state index in [2.05, 4.69) is 18.7 Å². The van der Waals surface area contributed by atoms with Crippen molar-refractivity contribution >= 4 is 0 Å². The zero-order valence-corrected chi connectivity index (χ0v) is 7.39. The van der Waals surface area contributed by atoms with Crippen LogP contribution < -0.4 is 5.73 Å². The van der Waals surface area contributed by atoms with Gasteiger partial charge in [-0.15, -0.1) is 0 Å². The SMILES string of the molecule is CC(C)(C[NH])N1CCOCC1. The second-order valence-electron chi connectivity index (χ2n) is 3.59. The Kier molecular flexibility index (Phi) is 2.87. The molecule has 0 aliphatic carbocycles. The Labute approximate surface area is 68.5 Å². The van der Waals surface area contributed by atoms with Crippen LogP contribution in [0.1, 0.15) is 13.8 Å². The summed E-state index contributed by atoms with van der Waals surface area (Å²) in [6.45, 7) is 8.30. The summed E-state index contributed by atoms with van der Waals surface area (Å²) in [6, 6.07) is 0. The van der Waals surface area contributed by atoms with Gasteiger partial charge in [-0.2, -0.15) is 0 Å². The minimum atomic E-state index is 0.0315. The van der Waals surface area contributed by atoms with Gasteiger partial charge in [0.1, 0.15) is 0 Å². The lowest BCUT2D eigenvalue weighted by molar-refractivity contribution is -0.00744. The summed E-state index contributed by atoms with van der Waals surface area (Å²) in [6.07, 6.45) is 0. The summed E-state index contributed by atoms with van der Waals surface area (Å²) in [5, 5.41) is 0. The smallest absolute Gasteiger partial charge is 0.0594 e. The zero-order valence-electron chi connectivity index (χ0n) is 7.39. The molecule has 0 saturated carbocycles. The molecule has 0 aromatic carbocycles. The highest BCUT2D eigenvalue weighted by atomic mass is 16.5. The molecule has 3 heteroatoms. The number of nitrogens with zero attached hydrogens (tertiary/aromatic N) is 1. The molecule has 0 unspecified atom stereocenters. The molecule has 3 nitrogen and oxygen atoms in total. The normalized spacial score (nSPS) is 22.1. The largest absolute Gasteiger partial charge is 0.379 e. The van der Waals surface area contributed by atoms with Gasteiger partial charge in [0, 0.05) is 25.2 Å². The lowest BCUT2D eigenvalue weighted by Crippen LogP contribution is -2.52. The predicted octanol–water partition coefficient (Wildman–Crippen LogP) is 0.380. The van der Waals surface area contributed by atoms with E-state index >= 15 is 0 Å². The molecule has 0 amide bonds. The summed E-state index contributed by atoms with van der Waals surface area (Å²) in [5.41, 5.74) is 7.39. The van der Waals surface area contributed by atoms with Gasteiger partial charge in [0.2, 0.25) is 0 Å². The molecule has 1 aliphatic heterocycles. The summed E-state index contributed by atoms with van der Waals surface area (Å²) in [4.78, 5) is 2.32. The lowest BCUT2D eigenvalue weighted by atomic mass is 10.0. The van der Waals surface area contributed by atoms with E-state index in [-0.39, 0.29) is 5.54 Å². The van der Waals surface area contributed by atoms with E-state index in [1.807, 2.05) is 0 Å². The van der Waals surface area contributed by atoms with Gasteiger partial charge in [-0.25, -0.2) is 0 Å². The molecule has 1 N–H and O–H groups in total. The number of hydrogen-bond acceptors (Lipinski definition) is 2. The third-order valence-corrected chi connectivity index (χ3v) is 2.30. The summed E-state index contributed by atoms with van der Waals surface area (Å²) in [5.74, 6) is 0. The number of hydrogen-bond donors (Lipinski definition) is 0. The van der Waals surface area contributed by atoms with Crippen LogP contribution in [0.2, 0.25) is 0 Å². The molecule has 1 fully saturated rings. The van der Waals surface area contributed by atoms with Crippen molar-refractivity contribution in [2.75, 3.05) is 32.8 Å². The third kappa shape index (κ3) is 2.15. The Morgan fingerprint density at radius 1 is 1.36 bits per heavy atom. The van der Waals surface area contributed by atoms with E-state index in [1.165, 1.54) is 0 Å². The van der Waals surface area contributed by atoms with Gasteiger partial charge in [0.05, 0.1) is 13.2 Å². The van der Waals surface area contributed by atoms with Crippen LogP contribution in [0.15, 0.2) is 0 Å². The Balaban J connectivity index is 2.43. The molecule has 1 aliphatic rings. The van der Waals surface area contributed by atoms with Crippen LogP contribution in [0.3, 0.4) is 0 Å². The second kappa shape index (κ2) is 3.52. The molecule has 1 rings (SSSR count). The quantitative estimate of drug-likeness (QED) is 0.581. The standard InChI is InChI=1S/C8H17N2O/c1-8(2,7-9)10-3-5-11-6-4-10/h9H,3-7H2,1-2H3. The van der Waals surface area contributed by atoms with Gasteiger partial charge >= 0.3 is 0 Å². The minimum absolute atomic E-state index is 0.0315. The first-order chi connectivity index (χ1) is 5.17. The zero-order chi connectivity index (χ0) is 8.32. The topological polar surface area (TPSA) is 36.3 Å². The van der Waals surface area contributed by atoms with Gasteiger partial charge in [0.25, 0.3) is 0 Å². The molecule has 1 saturated heterocycles. The highest BCUT2D eigenvalue weighted by Crippen LogP contribution is 2.14.